The average molecular weight is 289 g/mol. The van der Waals surface area contributed by atoms with Gasteiger partial charge in [0.05, 0.1) is 24.9 Å². The van der Waals surface area contributed by atoms with Crippen LogP contribution in [0.1, 0.15) is 36.7 Å². The third kappa shape index (κ3) is 3.36. The van der Waals surface area contributed by atoms with Crippen LogP contribution >= 0.6 is 0 Å². The second-order valence-corrected chi connectivity index (χ2v) is 4.89. The van der Waals surface area contributed by atoms with Crippen molar-refractivity contribution in [2.45, 2.75) is 26.8 Å². The summed E-state index contributed by atoms with van der Waals surface area (Å²) in [5, 5.41) is 4.34. The van der Waals surface area contributed by atoms with Gasteiger partial charge in [0.2, 0.25) is 0 Å². The SMILES string of the molecule is CCOc1ccc(C(N)c2cn(C)nc2C)cc1OCC. The van der Waals surface area contributed by atoms with Crippen molar-refractivity contribution >= 4 is 0 Å². The molecule has 1 aromatic heterocycles. The topological polar surface area (TPSA) is 62.3 Å². The number of nitrogens with two attached hydrogens (primary N) is 1. The van der Waals surface area contributed by atoms with Gasteiger partial charge in [-0.15, -0.1) is 0 Å². The molecule has 0 aliphatic carbocycles. The lowest BCUT2D eigenvalue weighted by atomic mass is 10.00. The molecule has 5 heteroatoms. The van der Waals surface area contributed by atoms with Crippen molar-refractivity contribution in [1.82, 2.24) is 9.78 Å². The van der Waals surface area contributed by atoms with Gasteiger partial charge in [0, 0.05) is 18.8 Å². The van der Waals surface area contributed by atoms with E-state index in [2.05, 4.69) is 5.10 Å². The number of ether oxygens (including phenoxy) is 2. The molecule has 1 unspecified atom stereocenters. The summed E-state index contributed by atoms with van der Waals surface area (Å²) >= 11 is 0. The fraction of sp³-hybridized carbons (Fsp3) is 0.438. The van der Waals surface area contributed by atoms with Crippen molar-refractivity contribution < 1.29 is 9.47 Å². The fourth-order valence-corrected chi connectivity index (χ4v) is 2.36. The summed E-state index contributed by atoms with van der Waals surface area (Å²) in [6.45, 7) is 7.06. The summed E-state index contributed by atoms with van der Waals surface area (Å²) in [4.78, 5) is 0. The van der Waals surface area contributed by atoms with Crippen molar-refractivity contribution in [3.8, 4) is 11.5 Å². The molecule has 0 radical (unpaired) electrons. The lowest BCUT2D eigenvalue weighted by Gasteiger charge is -2.16. The third-order valence-electron chi connectivity index (χ3n) is 3.31. The molecule has 1 heterocycles. The van der Waals surface area contributed by atoms with E-state index < -0.39 is 0 Å². The lowest BCUT2D eigenvalue weighted by molar-refractivity contribution is 0.287. The van der Waals surface area contributed by atoms with Crippen molar-refractivity contribution in [1.29, 1.82) is 0 Å². The summed E-state index contributed by atoms with van der Waals surface area (Å²) in [5.74, 6) is 1.48. The minimum atomic E-state index is -0.228. The maximum atomic E-state index is 6.37. The highest BCUT2D eigenvalue weighted by Crippen LogP contribution is 2.32. The number of hydrogen-bond donors (Lipinski definition) is 1. The maximum absolute atomic E-state index is 6.37. The van der Waals surface area contributed by atoms with Crippen LogP contribution < -0.4 is 15.2 Å². The van der Waals surface area contributed by atoms with Gasteiger partial charge in [-0.2, -0.15) is 5.10 Å². The predicted octanol–water partition coefficient (Wildman–Crippen LogP) is 2.57. The summed E-state index contributed by atoms with van der Waals surface area (Å²) in [6.07, 6.45) is 1.96. The molecule has 1 aromatic carbocycles. The first-order chi connectivity index (χ1) is 10.1. The predicted molar refractivity (Wildman–Crippen MR) is 82.8 cm³/mol. The largest absolute Gasteiger partial charge is 0.490 e. The molecule has 0 saturated heterocycles. The highest BCUT2D eigenvalue weighted by molar-refractivity contribution is 5.46. The molecular formula is C16H23N3O2. The molecule has 0 saturated carbocycles. The minimum absolute atomic E-state index is 0.228. The van der Waals surface area contributed by atoms with E-state index in [-0.39, 0.29) is 6.04 Å². The average Bonchev–Trinajstić information content (AvgIpc) is 2.79. The van der Waals surface area contributed by atoms with E-state index in [0.717, 1.165) is 28.3 Å². The molecule has 0 spiro atoms. The second kappa shape index (κ2) is 6.63. The Morgan fingerprint density at radius 3 is 2.43 bits per heavy atom. The number of aromatic nitrogens is 2. The van der Waals surface area contributed by atoms with E-state index in [0.29, 0.717) is 13.2 Å². The van der Waals surface area contributed by atoms with Crippen molar-refractivity contribution in [2.24, 2.45) is 12.8 Å². The molecule has 0 amide bonds. The molecule has 5 nitrogen and oxygen atoms in total. The van der Waals surface area contributed by atoms with Crippen LogP contribution in [0.5, 0.6) is 11.5 Å². The first-order valence-corrected chi connectivity index (χ1v) is 7.22. The molecule has 114 valence electrons. The second-order valence-electron chi connectivity index (χ2n) is 4.89. The van der Waals surface area contributed by atoms with Crippen molar-refractivity contribution in [3.63, 3.8) is 0 Å². The van der Waals surface area contributed by atoms with Crippen LogP contribution in [0, 0.1) is 6.92 Å². The first-order valence-electron chi connectivity index (χ1n) is 7.22. The van der Waals surface area contributed by atoms with Gasteiger partial charge in [0.15, 0.2) is 11.5 Å². The fourth-order valence-electron chi connectivity index (χ4n) is 2.36. The highest BCUT2D eigenvalue weighted by atomic mass is 16.5. The van der Waals surface area contributed by atoms with Crippen LogP contribution in [-0.2, 0) is 7.05 Å². The first kappa shape index (κ1) is 15.4. The molecule has 0 fully saturated rings. The Hall–Kier alpha value is -2.01. The molecule has 2 aromatic rings. The Bertz CT molecular complexity index is 608. The molecule has 0 aliphatic rings. The number of benzene rings is 1. The van der Waals surface area contributed by atoms with Crippen molar-refractivity contribution in [2.75, 3.05) is 13.2 Å². The number of aryl methyl sites for hydroxylation is 2. The van der Waals surface area contributed by atoms with Gasteiger partial charge in [0.25, 0.3) is 0 Å². The molecule has 2 rings (SSSR count). The summed E-state index contributed by atoms with van der Waals surface area (Å²) in [5.41, 5.74) is 9.31. The van der Waals surface area contributed by atoms with E-state index in [4.69, 9.17) is 15.2 Å². The maximum Gasteiger partial charge on any atom is 0.161 e. The Kier molecular flexibility index (Phi) is 4.85. The van der Waals surface area contributed by atoms with Crippen LogP contribution in [0.4, 0.5) is 0 Å². The van der Waals surface area contributed by atoms with Crippen LogP contribution in [0.25, 0.3) is 0 Å². The summed E-state index contributed by atoms with van der Waals surface area (Å²) in [7, 11) is 1.90. The Labute approximate surface area is 125 Å². The molecular weight excluding hydrogens is 266 g/mol. The lowest BCUT2D eigenvalue weighted by Crippen LogP contribution is -2.13. The van der Waals surface area contributed by atoms with Gasteiger partial charge in [-0.05, 0) is 38.5 Å². The molecule has 1 atom stereocenters. The Balaban J connectivity index is 2.35. The highest BCUT2D eigenvalue weighted by Gasteiger charge is 2.16. The van der Waals surface area contributed by atoms with E-state index in [1.807, 2.05) is 52.2 Å². The monoisotopic (exact) mass is 289 g/mol. The molecule has 0 aliphatic heterocycles. The van der Waals surface area contributed by atoms with Gasteiger partial charge in [-0.25, -0.2) is 0 Å². The standard InChI is InChI=1S/C16H23N3O2/c1-5-20-14-8-7-12(9-15(14)21-6-2)16(17)13-10-19(4)18-11(13)3/h7-10,16H,5-6,17H2,1-4H3. The zero-order valence-electron chi connectivity index (χ0n) is 13.1. The summed E-state index contributed by atoms with van der Waals surface area (Å²) < 4.78 is 13.0. The normalized spacial score (nSPS) is 12.2. The van der Waals surface area contributed by atoms with Gasteiger partial charge in [-0.1, -0.05) is 6.07 Å². The quantitative estimate of drug-likeness (QED) is 0.888. The zero-order chi connectivity index (χ0) is 15.4. The Morgan fingerprint density at radius 2 is 1.86 bits per heavy atom. The van der Waals surface area contributed by atoms with Gasteiger partial charge in [-0.3, -0.25) is 4.68 Å². The Morgan fingerprint density at radius 1 is 1.19 bits per heavy atom. The van der Waals surface area contributed by atoms with Crippen LogP contribution in [0.3, 0.4) is 0 Å². The molecule has 2 N–H and O–H groups in total. The van der Waals surface area contributed by atoms with Gasteiger partial charge < -0.3 is 15.2 Å². The van der Waals surface area contributed by atoms with E-state index in [1.54, 1.807) is 4.68 Å². The van der Waals surface area contributed by atoms with Crippen LogP contribution in [0.15, 0.2) is 24.4 Å². The molecule has 0 bridgehead atoms. The van der Waals surface area contributed by atoms with Crippen LogP contribution in [-0.4, -0.2) is 23.0 Å². The minimum Gasteiger partial charge on any atom is -0.490 e. The van der Waals surface area contributed by atoms with Crippen molar-refractivity contribution in [3.05, 3.63) is 41.2 Å². The number of rotatable bonds is 6. The van der Waals surface area contributed by atoms with Crippen LogP contribution in [0.2, 0.25) is 0 Å². The smallest absolute Gasteiger partial charge is 0.161 e. The summed E-state index contributed by atoms with van der Waals surface area (Å²) in [6, 6.07) is 5.61. The van der Waals surface area contributed by atoms with E-state index >= 15 is 0 Å². The van der Waals surface area contributed by atoms with Gasteiger partial charge >= 0.3 is 0 Å². The number of hydrogen-bond acceptors (Lipinski definition) is 4. The van der Waals surface area contributed by atoms with E-state index in [9.17, 15) is 0 Å². The molecule has 21 heavy (non-hydrogen) atoms. The zero-order valence-corrected chi connectivity index (χ0v) is 13.1. The third-order valence-corrected chi connectivity index (χ3v) is 3.31. The van der Waals surface area contributed by atoms with Gasteiger partial charge in [0.1, 0.15) is 0 Å². The van der Waals surface area contributed by atoms with E-state index in [1.165, 1.54) is 0 Å². The number of nitrogens with zero attached hydrogens (tertiary/aromatic N) is 2.